The van der Waals surface area contributed by atoms with E-state index in [4.69, 9.17) is 5.11 Å². The van der Waals surface area contributed by atoms with E-state index in [2.05, 4.69) is 0 Å². The van der Waals surface area contributed by atoms with Crippen molar-refractivity contribution >= 4 is 16.0 Å². The highest BCUT2D eigenvalue weighted by molar-refractivity contribution is 7.90. The largest absolute Gasteiger partial charge is 0.481 e. The average molecular weight is 277 g/mol. The van der Waals surface area contributed by atoms with E-state index < -0.39 is 20.7 Å². The Balaban J connectivity index is 2.72. The van der Waals surface area contributed by atoms with Crippen LogP contribution in [0.2, 0.25) is 0 Å². The van der Waals surface area contributed by atoms with Crippen LogP contribution >= 0.6 is 0 Å². The number of carboxylic acid groups (broad SMARTS) is 1. The van der Waals surface area contributed by atoms with Gasteiger partial charge in [0.15, 0.2) is 0 Å². The number of carboxylic acids is 1. The second-order valence-corrected chi connectivity index (χ2v) is 8.73. The van der Waals surface area contributed by atoms with Crippen molar-refractivity contribution in [3.05, 3.63) is 0 Å². The summed E-state index contributed by atoms with van der Waals surface area (Å²) in [6, 6.07) is -0.0650. The van der Waals surface area contributed by atoms with Gasteiger partial charge >= 0.3 is 5.97 Å². The molecule has 0 unspecified atom stereocenters. The Bertz CT molecular complexity index is 402. The molecule has 1 rings (SSSR count). The van der Waals surface area contributed by atoms with Gasteiger partial charge in [-0.05, 0) is 46.5 Å². The van der Waals surface area contributed by atoms with Crippen LogP contribution in [-0.2, 0) is 14.8 Å². The lowest BCUT2D eigenvalue weighted by molar-refractivity contribution is -0.143. The second-order valence-electron chi connectivity index (χ2n) is 5.98. The summed E-state index contributed by atoms with van der Waals surface area (Å²) >= 11 is 0. The quantitative estimate of drug-likeness (QED) is 0.852. The standard InChI is InChI=1S/C12H23NO4S/c1-12(2,3)18(16,17)13(4)10-7-5-9(6-8-10)11(14)15/h9-10H,5-8H2,1-4H3,(H,14,15). The van der Waals surface area contributed by atoms with Gasteiger partial charge in [0.25, 0.3) is 0 Å². The number of nitrogens with zero attached hydrogens (tertiary/aromatic N) is 1. The van der Waals surface area contributed by atoms with Crippen molar-refractivity contribution in [2.24, 2.45) is 5.92 Å². The third-order valence-corrected chi connectivity index (χ3v) is 6.32. The Morgan fingerprint density at radius 2 is 1.61 bits per heavy atom. The molecule has 0 aromatic heterocycles. The number of carbonyl (C=O) groups is 1. The van der Waals surface area contributed by atoms with Crippen molar-refractivity contribution in [3.8, 4) is 0 Å². The maximum Gasteiger partial charge on any atom is 0.306 e. The van der Waals surface area contributed by atoms with Crippen LogP contribution in [0.5, 0.6) is 0 Å². The molecule has 0 radical (unpaired) electrons. The van der Waals surface area contributed by atoms with E-state index in [1.54, 1.807) is 27.8 Å². The van der Waals surface area contributed by atoms with Crippen molar-refractivity contribution < 1.29 is 18.3 Å². The summed E-state index contributed by atoms with van der Waals surface area (Å²) in [5, 5.41) is 8.92. The molecule has 106 valence electrons. The Morgan fingerprint density at radius 3 is 1.94 bits per heavy atom. The number of sulfonamides is 1. The van der Waals surface area contributed by atoms with Gasteiger partial charge in [0.1, 0.15) is 0 Å². The summed E-state index contributed by atoms with van der Waals surface area (Å²) in [6.07, 6.45) is 2.37. The van der Waals surface area contributed by atoms with Gasteiger partial charge in [-0.15, -0.1) is 0 Å². The molecule has 1 aliphatic rings. The molecule has 6 heteroatoms. The maximum atomic E-state index is 12.3. The van der Waals surface area contributed by atoms with Crippen LogP contribution in [0.15, 0.2) is 0 Å². The molecule has 1 aliphatic carbocycles. The second kappa shape index (κ2) is 5.17. The summed E-state index contributed by atoms with van der Waals surface area (Å²) in [5.74, 6) is -1.08. The fraction of sp³-hybridized carbons (Fsp3) is 0.917. The maximum absolute atomic E-state index is 12.3. The Morgan fingerprint density at radius 1 is 1.17 bits per heavy atom. The molecular weight excluding hydrogens is 254 g/mol. The minimum absolute atomic E-state index is 0.0650. The molecule has 5 nitrogen and oxygen atoms in total. The smallest absolute Gasteiger partial charge is 0.306 e. The van der Waals surface area contributed by atoms with E-state index in [-0.39, 0.29) is 12.0 Å². The van der Waals surface area contributed by atoms with E-state index in [1.807, 2.05) is 0 Å². The summed E-state index contributed by atoms with van der Waals surface area (Å²) < 4.78 is 25.2. The van der Waals surface area contributed by atoms with Crippen molar-refractivity contribution in [3.63, 3.8) is 0 Å². The third-order valence-electron chi connectivity index (χ3n) is 3.71. The molecule has 0 saturated heterocycles. The fourth-order valence-corrected chi connectivity index (χ4v) is 3.78. The Kier molecular flexibility index (Phi) is 4.43. The first-order chi connectivity index (χ1) is 8.07. The molecule has 1 saturated carbocycles. The lowest BCUT2D eigenvalue weighted by Gasteiger charge is -2.36. The molecule has 0 aromatic rings. The topological polar surface area (TPSA) is 74.7 Å². The number of aliphatic carboxylic acids is 1. The zero-order valence-electron chi connectivity index (χ0n) is 11.5. The normalized spacial score (nSPS) is 26.3. The van der Waals surface area contributed by atoms with Crippen LogP contribution in [0.25, 0.3) is 0 Å². The van der Waals surface area contributed by atoms with Gasteiger partial charge < -0.3 is 5.11 Å². The first kappa shape index (κ1) is 15.4. The number of hydrogen-bond acceptors (Lipinski definition) is 3. The van der Waals surface area contributed by atoms with Gasteiger partial charge in [-0.2, -0.15) is 0 Å². The predicted octanol–water partition coefficient (Wildman–Crippen LogP) is 1.69. The molecule has 0 amide bonds. The van der Waals surface area contributed by atoms with Crippen LogP contribution in [0.4, 0.5) is 0 Å². The highest BCUT2D eigenvalue weighted by Gasteiger charge is 2.38. The number of hydrogen-bond donors (Lipinski definition) is 1. The lowest BCUT2D eigenvalue weighted by Crippen LogP contribution is -2.47. The van der Waals surface area contributed by atoms with Gasteiger partial charge in [-0.1, -0.05) is 0 Å². The molecule has 1 fully saturated rings. The monoisotopic (exact) mass is 277 g/mol. The molecular formula is C12H23NO4S. The molecule has 0 bridgehead atoms. The fourth-order valence-electron chi connectivity index (χ4n) is 2.31. The van der Waals surface area contributed by atoms with Gasteiger partial charge in [-0.25, -0.2) is 12.7 Å². The Hall–Kier alpha value is -0.620. The molecule has 0 heterocycles. The van der Waals surface area contributed by atoms with E-state index in [9.17, 15) is 13.2 Å². The molecule has 18 heavy (non-hydrogen) atoms. The van der Waals surface area contributed by atoms with Crippen molar-refractivity contribution in [2.45, 2.75) is 57.2 Å². The zero-order chi connectivity index (χ0) is 14.1. The lowest BCUT2D eigenvalue weighted by atomic mass is 9.86. The van der Waals surface area contributed by atoms with Crippen LogP contribution < -0.4 is 0 Å². The van der Waals surface area contributed by atoms with Crippen LogP contribution in [-0.4, -0.2) is 41.6 Å². The van der Waals surface area contributed by atoms with E-state index >= 15 is 0 Å². The highest BCUT2D eigenvalue weighted by atomic mass is 32.2. The van der Waals surface area contributed by atoms with E-state index in [1.165, 1.54) is 4.31 Å². The van der Waals surface area contributed by atoms with Gasteiger partial charge in [0.2, 0.25) is 10.0 Å². The van der Waals surface area contributed by atoms with Crippen molar-refractivity contribution in [1.82, 2.24) is 4.31 Å². The SMILES string of the molecule is CN(C1CCC(C(=O)O)CC1)S(=O)(=O)C(C)(C)C. The van der Waals surface area contributed by atoms with Gasteiger partial charge in [0.05, 0.1) is 10.7 Å². The predicted molar refractivity (Wildman–Crippen MR) is 69.8 cm³/mol. The van der Waals surface area contributed by atoms with E-state index in [0.717, 1.165) is 0 Å². The number of rotatable bonds is 3. The van der Waals surface area contributed by atoms with Gasteiger partial charge in [-0.3, -0.25) is 4.79 Å². The van der Waals surface area contributed by atoms with Crippen LogP contribution in [0.1, 0.15) is 46.5 Å². The first-order valence-electron chi connectivity index (χ1n) is 6.27. The van der Waals surface area contributed by atoms with Crippen molar-refractivity contribution in [1.29, 1.82) is 0 Å². The molecule has 0 spiro atoms. The molecule has 0 aromatic carbocycles. The minimum atomic E-state index is -3.33. The highest BCUT2D eigenvalue weighted by Crippen LogP contribution is 2.31. The summed E-state index contributed by atoms with van der Waals surface area (Å²) in [4.78, 5) is 10.9. The summed E-state index contributed by atoms with van der Waals surface area (Å²) in [6.45, 7) is 5.05. The summed E-state index contributed by atoms with van der Waals surface area (Å²) in [5.41, 5.74) is 0. The van der Waals surface area contributed by atoms with Crippen LogP contribution in [0, 0.1) is 5.92 Å². The zero-order valence-corrected chi connectivity index (χ0v) is 12.3. The van der Waals surface area contributed by atoms with Gasteiger partial charge in [0, 0.05) is 13.1 Å². The molecule has 0 aliphatic heterocycles. The first-order valence-corrected chi connectivity index (χ1v) is 7.71. The molecule has 1 N–H and O–H groups in total. The Labute approximate surface area is 109 Å². The van der Waals surface area contributed by atoms with E-state index in [0.29, 0.717) is 25.7 Å². The third kappa shape index (κ3) is 3.03. The van der Waals surface area contributed by atoms with Crippen molar-refractivity contribution in [2.75, 3.05) is 7.05 Å². The minimum Gasteiger partial charge on any atom is -0.481 e. The van der Waals surface area contributed by atoms with Crippen LogP contribution in [0.3, 0.4) is 0 Å². The average Bonchev–Trinajstić information content (AvgIpc) is 2.26. The summed E-state index contributed by atoms with van der Waals surface area (Å²) in [7, 11) is -1.72. The molecule has 0 atom stereocenters.